The van der Waals surface area contributed by atoms with Crippen molar-refractivity contribution in [2.75, 3.05) is 0 Å². The molecule has 0 radical (unpaired) electrons. The summed E-state index contributed by atoms with van der Waals surface area (Å²) in [5.74, 6) is -1.75. The Labute approximate surface area is 119 Å². The maximum atomic E-state index is 13.6. The van der Waals surface area contributed by atoms with Crippen LogP contribution in [0.5, 0.6) is 11.6 Å². The Kier molecular flexibility index (Phi) is 3.20. The van der Waals surface area contributed by atoms with Crippen LogP contribution < -0.4 is 4.74 Å². The summed E-state index contributed by atoms with van der Waals surface area (Å²) >= 11 is 0. The minimum absolute atomic E-state index is 0.0123. The number of aromatic nitrogens is 1. The van der Waals surface area contributed by atoms with Crippen LogP contribution in [0.25, 0.3) is 10.9 Å². The third-order valence-corrected chi connectivity index (χ3v) is 2.91. The van der Waals surface area contributed by atoms with Crippen molar-refractivity contribution in [2.45, 2.75) is 0 Å². The van der Waals surface area contributed by atoms with Crippen molar-refractivity contribution in [2.24, 2.45) is 0 Å². The minimum atomic E-state index is -0.853. The van der Waals surface area contributed by atoms with Gasteiger partial charge in [0, 0.05) is 11.5 Å². The van der Waals surface area contributed by atoms with Gasteiger partial charge < -0.3 is 4.74 Å². The molecule has 3 nitrogen and oxygen atoms in total. The number of para-hydroxylation sites is 1. The number of halogens is 2. The number of nitrogens with zero attached hydrogens (tertiary/aromatic N) is 2. The van der Waals surface area contributed by atoms with Crippen LogP contribution in [0.1, 0.15) is 5.56 Å². The van der Waals surface area contributed by atoms with E-state index in [4.69, 9.17) is 10.00 Å². The van der Waals surface area contributed by atoms with Crippen LogP contribution in [0.2, 0.25) is 0 Å². The summed E-state index contributed by atoms with van der Waals surface area (Å²) in [4.78, 5) is 4.20. The van der Waals surface area contributed by atoms with Gasteiger partial charge in [0.1, 0.15) is 17.4 Å². The Bertz CT molecular complexity index is 872. The second-order valence-electron chi connectivity index (χ2n) is 4.32. The second kappa shape index (κ2) is 5.17. The topological polar surface area (TPSA) is 45.9 Å². The monoisotopic (exact) mass is 282 g/mol. The molecule has 21 heavy (non-hydrogen) atoms. The first-order chi connectivity index (χ1) is 10.2. The number of ether oxygens (including phenoxy) is 1. The predicted molar refractivity (Wildman–Crippen MR) is 72.9 cm³/mol. The molecule has 0 unspecified atom stereocenters. The third kappa shape index (κ3) is 2.51. The highest BCUT2D eigenvalue weighted by Gasteiger charge is 2.12. The Morgan fingerprint density at radius 2 is 1.86 bits per heavy atom. The van der Waals surface area contributed by atoms with E-state index in [1.54, 1.807) is 18.2 Å². The molecule has 0 saturated heterocycles. The summed E-state index contributed by atoms with van der Waals surface area (Å²) in [5, 5.41) is 9.92. The summed E-state index contributed by atoms with van der Waals surface area (Å²) in [6.07, 6.45) is 0. The lowest BCUT2D eigenvalue weighted by molar-refractivity contribution is 0.424. The van der Waals surface area contributed by atoms with Crippen molar-refractivity contribution >= 4 is 10.9 Å². The van der Waals surface area contributed by atoms with Gasteiger partial charge in [-0.15, -0.1) is 0 Å². The molecule has 0 atom stereocenters. The number of pyridine rings is 1. The number of hydrogen-bond donors (Lipinski definition) is 0. The molecule has 5 heteroatoms. The summed E-state index contributed by atoms with van der Waals surface area (Å²) in [5.41, 5.74) is 0.798. The summed E-state index contributed by atoms with van der Waals surface area (Å²) in [6.45, 7) is 0. The van der Waals surface area contributed by atoms with Crippen molar-refractivity contribution in [3.8, 4) is 17.7 Å². The van der Waals surface area contributed by atoms with Gasteiger partial charge in [-0.05, 0) is 24.3 Å². The molecule has 0 bridgehead atoms. The van der Waals surface area contributed by atoms with E-state index in [2.05, 4.69) is 4.98 Å². The summed E-state index contributed by atoms with van der Waals surface area (Å²) < 4.78 is 31.8. The maximum absolute atomic E-state index is 13.6. The fraction of sp³-hybridized carbons (Fsp3) is 0. The average molecular weight is 282 g/mol. The molecule has 3 rings (SSSR count). The van der Waals surface area contributed by atoms with Gasteiger partial charge in [-0.2, -0.15) is 5.26 Å². The first-order valence-electron chi connectivity index (χ1n) is 6.10. The molecule has 0 fully saturated rings. The van der Waals surface area contributed by atoms with Crippen LogP contribution in [0, 0.1) is 23.0 Å². The van der Waals surface area contributed by atoms with Crippen LogP contribution in [0.4, 0.5) is 8.78 Å². The summed E-state index contributed by atoms with van der Waals surface area (Å²) in [6, 6.07) is 13.7. The quantitative estimate of drug-likeness (QED) is 0.708. The molecule has 0 spiro atoms. The zero-order chi connectivity index (χ0) is 14.8. The lowest BCUT2D eigenvalue weighted by Gasteiger charge is -2.08. The highest BCUT2D eigenvalue weighted by molar-refractivity contribution is 5.81. The number of nitriles is 1. The fourth-order valence-electron chi connectivity index (χ4n) is 1.92. The normalized spacial score (nSPS) is 10.3. The van der Waals surface area contributed by atoms with E-state index in [0.717, 1.165) is 17.5 Å². The molecular weight excluding hydrogens is 274 g/mol. The molecule has 1 heterocycles. The first kappa shape index (κ1) is 13.0. The van der Waals surface area contributed by atoms with Gasteiger partial charge in [-0.25, -0.2) is 13.8 Å². The van der Waals surface area contributed by atoms with Crippen molar-refractivity contribution in [3.63, 3.8) is 0 Å². The van der Waals surface area contributed by atoms with Gasteiger partial charge in [-0.1, -0.05) is 18.2 Å². The van der Waals surface area contributed by atoms with E-state index in [0.29, 0.717) is 11.6 Å². The SMILES string of the molecule is N#Cc1cc2ccccc2nc1Oc1ccc(F)cc1F. The lowest BCUT2D eigenvalue weighted by Crippen LogP contribution is -1.95. The molecule has 0 aliphatic carbocycles. The fourth-order valence-corrected chi connectivity index (χ4v) is 1.92. The smallest absolute Gasteiger partial charge is 0.238 e. The molecule has 0 amide bonds. The number of hydrogen-bond acceptors (Lipinski definition) is 3. The van der Waals surface area contributed by atoms with E-state index in [-0.39, 0.29) is 17.2 Å². The van der Waals surface area contributed by atoms with Crippen LogP contribution in [-0.2, 0) is 0 Å². The highest BCUT2D eigenvalue weighted by atomic mass is 19.1. The Morgan fingerprint density at radius 3 is 2.62 bits per heavy atom. The van der Waals surface area contributed by atoms with Crippen molar-refractivity contribution in [1.29, 1.82) is 5.26 Å². The van der Waals surface area contributed by atoms with Crippen LogP contribution in [0.3, 0.4) is 0 Å². The Hall–Kier alpha value is -3.00. The molecule has 0 aliphatic heterocycles. The Balaban J connectivity index is 2.09. The highest BCUT2D eigenvalue weighted by Crippen LogP contribution is 2.28. The second-order valence-corrected chi connectivity index (χ2v) is 4.32. The van der Waals surface area contributed by atoms with Crippen LogP contribution in [-0.4, -0.2) is 4.98 Å². The number of rotatable bonds is 2. The molecule has 0 saturated carbocycles. The van der Waals surface area contributed by atoms with E-state index in [1.165, 1.54) is 0 Å². The Morgan fingerprint density at radius 1 is 1.05 bits per heavy atom. The van der Waals surface area contributed by atoms with Gasteiger partial charge in [-0.3, -0.25) is 0 Å². The van der Waals surface area contributed by atoms with E-state index in [1.807, 2.05) is 18.2 Å². The van der Waals surface area contributed by atoms with Crippen molar-refractivity contribution < 1.29 is 13.5 Å². The molecule has 1 aromatic heterocycles. The molecule has 102 valence electrons. The van der Waals surface area contributed by atoms with E-state index >= 15 is 0 Å². The van der Waals surface area contributed by atoms with E-state index < -0.39 is 11.6 Å². The zero-order valence-corrected chi connectivity index (χ0v) is 10.7. The van der Waals surface area contributed by atoms with Crippen LogP contribution in [0.15, 0.2) is 48.5 Å². The van der Waals surface area contributed by atoms with Crippen LogP contribution >= 0.6 is 0 Å². The molecule has 3 aromatic rings. The standard InChI is InChI=1S/C16H8F2N2O/c17-12-5-6-15(13(18)8-12)21-16-11(9-19)7-10-3-1-2-4-14(10)20-16/h1-8H. The summed E-state index contributed by atoms with van der Waals surface area (Å²) in [7, 11) is 0. The largest absolute Gasteiger partial charge is 0.435 e. The molecule has 2 aromatic carbocycles. The van der Waals surface area contributed by atoms with Gasteiger partial charge in [0.15, 0.2) is 11.6 Å². The van der Waals surface area contributed by atoms with Gasteiger partial charge in [0.05, 0.1) is 5.52 Å². The first-order valence-corrected chi connectivity index (χ1v) is 6.10. The minimum Gasteiger partial charge on any atom is -0.435 e. The third-order valence-electron chi connectivity index (χ3n) is 2.91. The number of benzene rings is 2. The van der Waals surface area contributed by atoms with Gasteiger partial charge in [0.25, 0.3) is 0 Å². The van der Waals surface area contributed by atoms with Crippen molar-refractivity contribution in [1.82, 2.24) is 4.98 Å². The maximum Gasteiger partial charge on any atom is 0.238 e. The zero-order valence-electron chi connectivity index (χ0n) is 10.7. The van der Waals surface area contributed by atoms with Gasteiger partial charge >= 0.3 is 0 Å². The average Bonchev–Trinajstić information content (AvgIpc) is 2.49. The van der Waals surface area contributed by atoms with Gasteiger partial charge in [0.2, 0.25) is 5.88 Å². The number of fused-ring (bicyclic) bond motifs is 1. The van der Waals surface area contributed by atoms with E-state index in [9.17, 15) is 8.78 Å². The molecule has 0 aliphatic rings. The lowest BCUT2D eigenvalue weighted by atomic mass is 10.1. The molecular formula is C16H8F2N2O. The van der Waals surface area contributed by atoms with Crippen molar-refractivity contribution in [3.05, 3.63) is 65.7 Å². The predicted octanol–water partition coefficient (Wildman–Crippen LogP) is 4.18. The molecule has 0 N–H and O–H groups in total.